The van der Waals surface area contributed by atoms with Crippen molar-refractivity contribution in [3.63, 3.8) is 0 Å². The molecule has 0 aliphatic heterocycles. The smallest absolute Gasteiger partial charge is 0.136 e. The summed E-state index contributed by atoms with van der Waals surface area (Å²) in [6, 6.07) is 51.7. The summed E-state index contributed by atoms with van der Waals surface area (Å²) in [5.74, 6) is 3.21. The van der Waals surface area contributed by atoms with E-state index in [4.69, 9.17) is 9.40 Å². The van der Waals surface area contributed by atoms with Crippen molar-refractivity contribution in [3.05, 3.63) is 151 Å². The van der Waals surface area contributed by atoms with Crippen LogP contribution in [0.15, 0.2) is 144 Å². The first kappa shape index (κ1) is 28.3. The lowest BCUT2D eigenvalue weighted by atomic mass is 9.42. The summed E-state index contributed by atoms with van der Waals surface area (Å²) in [5.41, 5.74) is 16.5. The molecule has 0 N–H and O–H groups in total. The Morgan fingerprint density at radius 2 is 1.18 bits per heavy atom. The molecule has 8 aromatic rings. The highest BCUT2D eigenvalue weighted by molar-refractivity contribution is 6.06. The number of furan rings is 1. The second-order valence-corrected chi connectivity index (χ2v) is 15.9. The number of nitrogens with zero attached hydrogens (tertiary/aromatic N) is 1. The molecule has 0 atom stereocenters. The molecule has 4 bridgehead atoms. The lowest BCUT2D eigenvalue weighted by molar-refractivity contribution is -0.0397. The number of hydrogen-bond acceptors (Lipinski definition) is 2. The van der Waals surface area contributed by atoms with Crippen molar-refractivity contribution in [3.8, 4) is 44.6 Å². The van der Waals surface area contributed by atoms with Crippen LogP contribution in [0, 0.1) is 23.7 Å². The van der Waals surface area contributed by atoms with Crippen LogP contribution in [0.5, 0.6) is 0 Å². The van der Waals surface area contributed by atoms with E-state index in [9.17, 15) is 0 Å². The van der Waals surface area contributed by atoms with Crippen LogP contribution in [-0.2, 0) is 5.41 Å². The number of rotatable bonds is 3. The van der Waals surface area contributed by atoms with Crippen LogP contribution in [0.25, 0.3) is 77.5 Å². The van der Waals surface area contributed by atoms with Gasteiger partial charge in [0.25, 0.3) is 0 Å². The highest BCUT2D eigenvalue weighted by atomic mass is 16.3. The van der Waals surface area contributed by atoms with Gasteiger partial charge in [0.05, 0.1) is 11.2 Å². The van der Waals surface area contributed by atoms with Gasteiger partial charge in [-0.05, 0) is 137 Å². The first-order chi connectivity index (χ1) is 25.2. The molecule has 2 heteroatoms. The van der Waals surface area contributed by atoms with E-state index in [-0.39, 0.29) is 5.41 Å². The average molecular weight is 656 g/mol. The molecule has 0 radical (unpaired) electrons. The normalized spacial score (nSPS) is 24.2. The maximum Gasteiger partial charge on any atom is 0.136 e. The number of fused-ring (bicyclic) bond motifs is 7. The van der Waals surface area contributed by atoms with E-state index in [0.29, 0.717) is 11.8 Å². The van der Waals surface area contributed by atoms with Gasteiger partial charge in [-0.1, -0.05) is 103 Å². The second kappa shape index (κ2) is 10.3. The SMILES string of the molecule is c1cc(-c2ccc(-c3ccc4ccccc4n3)cc2)c2c(c1)-c1cc(-c3ccc4c(c3)oc3ccccc34)ccc1C21C2CC3CC(C2)CC1C3. The molecule has 2 nitrogen and oxygen atoms in total. The van der Waals surface area contributed by atoms with Crippen LogP contribution in [0.4, 0.5) is 0 Å². The zero-order chi connectivity index (χ0) is 33.3. The Morgan fingerprint density at radius 1 is 0.490 bits per heavy atom. The molecule has 13 rings (SSSR count). The van der Waals surface area contributed by atoms with Crippen molar-refractivity contribution < 1.29 is 4.42 Å². The fraction of sp³-hybridized carbons (Fsp3) is 0.204. The van der Waals surface area contributed by atoms with E-state index in [0.717, 1.165) is 39.8 Å². The minimum Gasteiger partial charge on any atom is -0.456 e. The summed E-state index contributed by atoms with van der Waals surface area (Å²) in [5, 5.41) is 3.54. The first-order valence-electron chi connectivity index (χ1n) is 18.9. The van der Waals surface area contributed by atoms with Crippen molar-refractivity contribution in [2.75, 3.05) is 0 Å². The molecular weight excluding hydrogens is 619 g/mol. The molecular formula is C49H37NO. The van der Waals surface area contributed by atoms with Gasteiger partial charge in [-0.2, -0.15) is 0 Å². The quantitative estimate of drug-likeness (QED) is 0.189. The van der Waals surface area contributed by atoms with Crippen molar-refractivity contribution in [2.24, 2.45) is 23.7 Å². The van der Waals surface area contributed by atoms with E-state index >= 15 is 0 Å². The summed E-state index contributed by atoms with van der Waals surface area (Å²) >= 11 is 0. The van der Waals surface area contributed by atoms with Gasteiger partial charge in [-0.25, -0.2) is 4.98 Å². The Morgan fingerprint density at radius 3 is 2.04 bits per heavy atom. The lowest BCUT2D eigenvalue weighted by Crippen LogP contribution is -2.55. The highest BCUT2D eigenvalue weighted by Crippen LogP contribution is 2.70. The summed E-state index contributed by atoms with van der Waals surface area (Å²) in [4.78, 5) is 5.01. The number of para-hydroxylation sites is 2. The van der Waals surface area contributed by atoms with Crippen LogP contribution in [0.3, 0.4) is 0 Å². The maximum absolute atomic E-state index is 6.33. The van der Waals surface area contributed by atoms with Gasteiger partial charge in [0, 0.05) is 27.1 Å². The molecule has 1 spiro atoms. The Kier molecular flexibility index (Phi) is 5.70. The fourth-order valence-electron chi connectivity index (χ4n) is 11.6. The van der Waals surface area contributed by atoms with E-state index in [1.54, 1.807) is 11.1 Å². The van der Waals surface area contributed by atoms with Crippen LogP contribution in [-0.4, -0.2) is 4.98 Å². The van der Waals surface area contributed by atoms with Gasteiger partial charge in [0.1, 0.15) is 11.2 Å². The van der Waals surface area contributed by atoms with Crippen LogP contribution >= 0.6 is 0 Å². The topological polar surface area (TPSA) is 26.0 Å². The van der Waals surface area contributed by atoms with Crippen LogP contribution < -0.4 is 0 Å². The molecule has 5 aliphatic carbocycles. The minimum absolute atomic E-state index is 0.0778. The van der Waals surface area contributed by atoms with Gasteiger partial charge >= 0.3 is 0 Å². The van der Waals surface area contributed by atoms with Crippen LogP contribution in [0.1, 0.15) is 43.2 Å². The van der Waals surface area contributed by atoms with Crippen molar-refractivity contribution in [1.29, 1.82) is 0 Å². The first-order valence-corrected chi connectivity index (χ1v) is 18.9. The Balaban J connectivity index is 1.02. The Hall–Kier alpha value is -5.47. The standard InChI is InChI=1S/C49H37NO/c1-3-10-44-32(6-1)18-21-45(50-44)33-14-12-31(13-15-33)38-8-5-9-41-42-27-34(35-16-19-40-39-7-2-4-11-46(39)51-47(40)28-35)17-20-43(42)49(48(38)41)36-23-29-22-30(25-36)26-37(49)24-29/h1-21,27-30,36-37H,22-26H2. The summed E-state index contributed by atoms with van der Waals surface area (Å²) < 4.78 is 6.33. The number of hydrogen-bond donors (Lipinski definition) is 0. The highest BCUT2D eigenvalue weighted by Gasteiger charge is 2.62. The minimum atomic E-state index is 0.0778. The fourth-order valence-corrected chi connectivity index (χ4v) is 11.6. The van der Waals surface area contributed by atoms with Crippen molar-refractivity contribution in [1.82, 2.24) is 4.98 Å². The summed E-state index contributed by atoms with van der Waals surface area (Å²) in [6.45, 7) is 0. The van der Waals surface area contributed by atoms with Gasteiger partial charge in [0.2, 0.25) is 0 Å². The van der Waals surface area contributed by atoms with Gasteiger partial charge in [-0.15, -0.1) is 0 Å². The van der Waals surface area contributed by atoms with Gasteiger partial charge < -0.3 is 4.42 Å². The lowest BCUT2D eigenvalue weighted by Gasteiger charge is -2.61. The van der Waals surface area contributed by atoms with Crippen molar-refractivity contribution in [2.45, 2.75) is 37.5 Å². The zero-order valence-corrected chi connectivity index (χ0v) is 28.5. The number of benzene rings is 6. The van der Waals surface area contributed by atoms with Gasteiger partial charge in [0.15, 0.2) is 0 Å². The molecule has 244 valence electrons. The third-order valence-corrected chi connectivity index (χ3v) is 13.5. The van der Waals surface area contributed by atoms with E-state index in [1.807, 2.05) is 6.07 Å². The molecule has 51 heavy (non-hydrogen) atoms. The molecule has 4 fully saturated rings. The molecule has 6 aromatic carbocycles. The molecule has 2 aromatic heterocycles. The third kappa shape index (κ3) is 3.91. The molecule has 0 saturated heterocycles. The molecule has 5 aliphatic rings. The maximum atomic E-state index is 6.33. The van der Waals surface area contributed by atoms with Crippen LogP contribution in [0.2, 0.25) is 0 Å². The molecule has 4 saturated carbocycles. The average Bonchev–Trinajstić information content (AvgIpc) is 3.70. The Bertz CT molecular complexity index is 2690. The summed E-state index contributed by atoms with van der Waals surface area (Å²) in [6.07, 6.45) is 6.95. The van der Waals surface area contributed by atoms with E-state index < -0.39 is 0 Å². The predicted octanol–water partition coefficient (Wildman–Crippen LogP) is 12.9. The third-order valence-electron chi connectivity index (χ3n) is 13.5. The molecule has 0 unspecified atom stereocenters. The summed E-state index contributed by atoms with van der Waals surface area (Å²) in [7, 11) is 0. The molecule has 0 amide bonds. The van der Waals surface area contributed by atoms with E-state index in [1.165, 1.54) is 81.6 Å². The zero-order valence-electron chi connectivity index (χ0n) is 28.5. The van der Waals surface area contributed by atoms with Gasteiger partial charge in [-0.3, -0.25) is 0 Å². The number of pyridine rings is 1. The number of aromatic nitrogens is 1. The Labute approximate surface area is 297 Å². The monoisotopic (exact) mass is 655 g/mol. The van der Waals surface area contributed by atoms with Crippen molar-refractivity contribution >= 4 is 32.8 Å². The largest absolute Gasteiger partial charge is 0.456 e. The predicted molar refractivity (Wildman–Crippen MR) is 209 cm³/mol. The molecule has 2 heterocycles. The van der Waals surface area contributed by atoms with E-state index in [2.05, 4.69) is 133 Å². The second-order valence-electron chi connectivity index (χ2n) is 15.9.